The Labute approximate surface area is 107 Å². The van der Waals surface area contributed by atoms with E-state index in [-0.39, 0.29) is 6.04 Å². The van der Waals surface area contributed by atoms with Crippen molar-refractivity contribution in [3.63, 3.8) is 0 Å². The Kier molecular flexibility index (Phi) is 6.18. The molecule has 0 saturated heterocycles. The Morgan fingerprint density at radius 1 is 1.35 bits per heavy atom. The van der Waals surface area contributed by atoms with Gasteiger partial charge < -0.3 is 14.8 Å². The molecular formula is C11H18ClN3O2. The SMILES string of the molecule is COCCC(C)Nc1cc(Cl)nc(COC)n1. The van der Waals surface area contributed by atoms with Gasteiger partial charge in [0.05, 0.1) is 0 Å². The van der Waals surface area contributed by atoms with Crippen LogP contribution >= 0.6 is 11.6 Å². The van der Waals surface area contributed by atoms with Gasteiger partial charge in [-0.15, -0.1) is 0 Å². The normalized spacial score (nSPS) is 12.5. The topological polar surface area (TPSA) is 56.3 Å². The molecule has 0 saturated carbocycles. The highest BCUT2D eigenvalue weighted by Crippen LogP contribution is 2.13. The van der Waals surface area contributed by atoms with Crippen molar-refractivity contribution in [2.45, 2.75) is 26.0 Å². The van der Waals surface area contributed by atoms with E-state index in [1.807, 2.05) is 0 Å². The first-order valence-corrected chi connectivity index (χ1v) is 5.81. The van der Waals surface area contributed by atoms with Crippen LogP contribution in [-0.2, 0) is 16.1 Å². The lowest BCUT2D eigenvalue weighted by atomic mass is 10.2. The van der Waals surface area contributed by atoms with Crippen molar-refractivity contribution in [1.82, 2.24) is 9.97 Å². The number of nitrogens with one attached hydrogen (secondary N) is 1. The molecule has 96 valence electrons. The minimum absolute atomic E-state index is 0.260. The average Bonchev–Trinajstić information content (AvgIpc) is 2.26. The standard InChI is InChI=1S/C11H18ClN3O2/c1-8(4-5-16-2)13-10-6-9(12)14-11(15-10)7-17-3/h6,8H,4-5,7H2,1-3H3,(H,13,14,15). The lowest BCUT2D eigenvalue weighted by Gasteiger charge is -2.14. The highest BCUT2D eigenvalue weighted by molar-refractivity contribution is 6.29. The summed E-state index contributed by atoms with van der Waals surface area (Å²) in [5.74, 6) is 1.28. The number of hydrogen-bond donors (Lipinski definition) is 1. The maximum Gasteiger partial charge on any atom is 0.158 e. The number of hydrogen-bond acceptors (Lipinski definition) is 5. The predicted octanol–water partition coefficient (Wildman–Crippen LogP) is 2.11. The summed E-state index contributed by atoms with van der Waals surface area (Å²) in [6.45, 7) is 3.12. The van der Waals surface area contributed by atoms with Crippen LogP contribution in [0.5, 0.6) is 0 Å². The summed E-state index contributed by atoms with van der Waals surface area (Å²) < 4.78 is 9.99. The second-order valence-corrected chi connectivity index (χ2v) is 4.14. The number of aromatic nitrogens is 2. The van der Waals surface area contributed by atoms with Gasteiger partial charge >= 0.3 is 0 Å². The molecule has 0 aliphatic heterocycles. The molecule has 1 aromatic rings. The van der Waals surface area contributed by atoms with Crippen LogP contribution in [0.2, 0.25) is 5.15 Å². The molecular weight excluding hydrogens is 242 g/mol. The Bertz CT molecular complexity index is 349. The zero-order valence-electron chi connectivity index (χ0n) is 10.4. The maximum atomic E-state index is 5.90. The van der Waals surface area contributed by atoms with Crippen molar-refractivity contribution in [1.29, 1.82) is 0 Å². The minimum Gasteiger partial charge on any atom is -0.385 e. The molecule has 0 aliphatic carbocycles. The predicted molar refractivity (Wildman–Crippen MR) is 67.3 cm³/mol. The van der Waals surface area contributed by atoms with Gasteiger partial charge in [0.2, 0.25) is 0 Å². The Morgan fingerprint density at radius 3 is 2.76 bits per heavy atom. The summed E-state index contributed by atoms with van der Waals surface area (Å²) in [6, 6.07) is 1.96. The largest absolute Gasteiger partial charge is 0.385 e. The lowest BCUT2D eigenvalue weighted by molar-refractivity contribution is 0.178. The fourth-order valence-electron chi connectivity index (χ4n) is 1.35. The minimum atomic E-state index is 0.260. The van der Waals surface area contributed by atoms with Gasteiger partial charge in [0.15, 0.2) is 5.82 Å². The number of rotatable bonds is 7. The van der Waals surface area contributed by atoms with Gasteiger partial charge in [-0.1, -0.05) is 11.6 Å². The molecule has 17 heavy (non-hydrogen) atoms. The average molecular weight is 260 g/mol. The van der Waals surface area contributed by atoms with E-state index in [0.717, 1.165) is 6.42 Å². The summed E-state index contributed by atoms with van der Waals surface area (Å²) in [7, 11) is 3.28. The lowest BCUT2D eigenvalue weighted by Crippen LogP contribution is -2.18. The molecule has 0 bridgehead atoms. The van der Waals surface area contributed by atoms with Crippen LogP contribution in [0.25, 0.3) is 0 Å². The van der Waals surface area contributed by atoms with E-state index in [9.17, 15) is 0 Å². The van der Waals surface area contributed by atoms with Crippen molar-refractivity contribution in [3.8, 4) is 0 Å². The van der Waals surface area contributed by atoms with Gasteiger partial charge in [0.1, 0.15) is 17.6 Å². The van der Waals surface area contributed by atoms with Crippen molar-refractivity contribution in [2.75, 3.05) is 26.1 Å². The Morgan fingerprint density at radius 2 is 2.12 bits per heavy atom. The molecule has 1 atom stereocenters. The number of anilines is 1. The van der Waals surface area contributed by atoms with Crippen molar-refractivity contribution in [2.24, 2.45) is 0 Å². The van der Waals surface area contributed by atoms with E-state index in [1.165, 1.54) is 0 Å². The molecule has 0 fully saturated rings. The molecule has 0 radical (unpaired) electrons. The summed E-state index contributed by atoms with van der Waals surface area (Å²) in [5.41, 5.74) is 0. The monoisotopic (exact) mass is 259 g/mol. The van der Waals surface area contributed by atoms with Crippen LogP contribution in [0.1, 0.15) is 19.2 Å². The zero-order chi connectivity index (χ0) is 12.7. The van der Waals surface area contributed by atoms with Crippen molar-refractivity contribution in [3.05, 3.63) is 17.0 Å². The molecule has 0 aromatic carbocycles. The van der Waals surface area contributed by atoms with Crippen molar-refractivity contribution < 1.29 is 9.47 Å². The van der Waals surface area contributed by atoms with Crippen molar-refractivity contribution >= 4 is 17.4 Å². The number of ether oxygens (including phenoxy) is 2. The second kappa shape index (κ2) is 7.42. The summed E-state index contributed by atoms with van der Waals surface area (Å²) in [6.07, 6.45) is 0.901. The molecule has 0 amide bonds. The molecule has 1 rings (SSSR count). The van der Waals surface area contributed by atoms with Crippen LogP contribution in [0, 0.1) is 0 Å². The summed E-state index contributed by atoms with van der Waals surface area (Å²) in [5, 5.41) is 3.66. The van der Waals surface area contributed by atoms with E-state index in [1.54, 1.807) is 20.3 Å². The smallest absolute Gasteiger partial charge is 0.158 e. The maximum absolute atomic E-state index is 5.90. The van der Waals surface area contributed by atoms with Crippen LogP contribution in [0.3, 0.4) is 0 Å². The van der Waals surface area contributed by atoms with Gasteiger partial charge in [-0.2, -0.15) is 0 Å². The van der Waals surface area contributed by atoms with Crippen LogP contribution in [0.4, 0.5) is 5.82 Å². The third kappa shape index (κ3) is 5.30. The first-order chi connectivity index (χ1) is 8.15. The highest BCUT2D eigenvalue weighted by atomic mass is 35.5. The second-order valence-electron chi connectivity index (χ2n) is 3.75. The third-order valence-corrected chi connectivity index (χ3v) is 2.36. The molecule has 1 unspecified atom stereocenters. The molecule has 0 spiro atoms. The van der Waals surface area contributed by atoms with Gasteiger partial charge in [-0.25, -0.2) is 9.97 Å². The molecule has 1 aromatic heterocycles. The van der Waals surface area contributed by atoms with Crippen LogP contribution in [-0.4, -0.2) is 36.8 Å². The molecule has 5 nitrogen and oxygen atoms in total. The highest BCUT2D eigenvalue weighted by Gasteiger charge is 2.06. The van der Waals surface area contributed by atoms with E-state index < -0.39 is 0 Å². The first-order valence-electron chi connectivity index (χ1n) is 5.43. The quantitative estimate of drug-likeness (QED) is 0.760. The van der Waals surface area contributed by atoms with Crippen LogP contribution in [0.15, 0.2) is 6.07 Å². The van der Waals surface area contributed by atoms with Gasteiger partial charge in [-0.05, 0) is 13.3 Å². The number of halogens is 1. The molecule has 0 aliphatic rings. The van der Waals surface area contributed by atoms with E-state index >= 15 is 0 Å². The number of nitrogens with zero attached hydrogens (tertiary/aromatic N) is 2. The molecule has 6 heteroatoms. The summed E-state index contributed by atoms with van der Waals surface area (Å²) in [4.78, 5) is 8.36. The van der Waals surface area contributed by atoms with Gasteiger partial charge in [0, 0.05) is 32.9 Å². The Hall–Kier alpha value is -0.910. The van der Waals surface area contributed by atoms with E-state index in [2.05, 4.69) is 22.2 Å². The first kappa shape index (κ1) is 14.2. The van der Waals surface area contributed by atoms with Gasteiger partial charge in [0.25, 0.3) is 0 Å². The summed E-state index contributed by atoms with van der Waals surface area (Å²) >= 11 is 5.90. The van der Waals surface area contributed by atoms with E-state index in [0.29, 0.717) is 30.0 Å². The third-order valence-electron chi connectivity index (χ3n) is 2.16. The van der Waals surface area contributed by atoms with E-state index in [4.69, 9.17) is 21.1 Å². The molecule has 1 N–H and O–H groups in total. The fraction of sp³-hybridized carbons (Fsp3) is 0.636. The Balaban J connectivity index is 2.63. The molecule has 1 heterocycles. The van der Waals surface area contributed by atoms with Crippen LogP contribution < -0.4 is 5.32 Å². The fourth-order valence-corrected chi connectivity index (χ4v) is 1.55. The van der Waals surface area contributed by atoms with Gasteiger partial charge in [-0.3, -0.25) is 0 Å². The number of methoxy groups -OCH3 is 2. The zero-order valence-corrected chi connectivity index (χ0v) is 11.1.